The van der Waals surface area contributed by atoms with Gasteiger partial charge in [0.2, 0.25) is 11.8 Å². The average Bonchev–Trinajstić information content (AvgIpc) is 2.70. The number of nitrogens with one attached hydrogen (secondary N) is 1. The van der Waals surface area contributed by atoms with Crippen LogP contribution in [-0.4, -0.2) is 43.0 Å². The molecule has 1 aromatic rings. The van der Waals surface area contributed by atoms with Gasteiger partial charge in [0.1, 0.15) is 13.2 Å². The van der Waals surface area contributed by atoms with E-state index in [-0.39, 0.29) is 35.1 Å². The van der Waals surface area contributed by atoms with Crippen molar-refractivity contribution in [3.05, 3.63) is 23.8 Å². The summed E-state index contributed by atoms with van der Waals surface area (Å²) in [4.78, 5) is 27.3. The summed E-state index contributed by atoms with van der Waals surface area (Å²) in [6.45, 7) is 12.4. The second-order valence-electron chi connectivity index (χ2n) is 9.45. The van der Waals surface area contributed by atoms with Crippen LogP contribution in [-0.2, 0) is 9.59 Å². The van der Waals surface area contributed by atoms with Gasteiger partial charge in [0.15, 0.2) is 11.5 Å². The van der Waals surface area contributed by atoms with Crippen molar-refractivity contribution in [2.45, 2.75) is 53.5 Å². The van der Waals surface area contributed by atoms with Crippen molar-refractivity contribution in [1.29, 1.82) is 0 Å². The van der Waals surface area contributed by atoms with E-state index in [2.05, 4.69) is 19.2 Å². The Morgan fingerprint density at radius 2 is 1.69 bits per heavy atom. The summed E-state index contributed by atoms with van der Waals surface area (Å²) >= 11 is 0. The maximum atomic E-state index is 13.0. The predicted octanol–water partition coefficient (Wildman–Crippen LogP) is 3.56. The number of ether oxygens (including phenoxy) is 2. The number of benzene rings is 1. The lowest BCUT2D eigenvalue weighted by atomic mass is 9.89. The Hall–Kier alpha value is -2.24. The summed E-state index contributed by atoms with van der Waals surface area (Å²) in [5.41, 5.74) is 0.647. The third-order valence-electron chi connectivity index (χ3n) is 5.68. The molecule has 160 valence electrons. The molecule has 0 aromatic heterocycles. The number of hydrogen-bond acceptors (Lipinski definition) is 4. The van der Waals surface area contributed by atoms with Gasteiger partial charge >= 0.3 is 0 Å². The lowest BCUT2D eigenvalue weighted by Gasteiger charge is -2.36. The predicted molar refractivity (Wildman–Crippen MR) is 112 cm³/mol. The molecule has 6 heteroatoms. The quantitative estimate of drug-likeness (QED) is 0.836. The molecule has 0 bridgehead atoms. The Bertz CT molecular complexity index is 746. The van der Waals surface area contributed by atoms with Crippen LogP contribution in [0.2, 0.25) is 0 Å². The zero-order valence-electron chi connectivity index (χ0n) is 18.3. The van der Waals surface area contributed by atoms with Gasteiger partial charge in [0, 0.05) is 24.4 Å². The molecule has 1 N–H and O–H groups in total. The third kappa shape index (κ3) is 5.03. The first kappa shape index (κ1) is 21.5. The summed E-state index contributed by atoms with van der Waals surface area (Å²) in [7, 11) is 0. The third-order valence-corrected chi connectivity index (χ3v) is 5.68. The molecule has 2 aliphatic rings. The summed E-state index contributed by atoms with van der Waals surface area (Å²) in [5.74, 6) is 1.91. The van der Waals surface area contributed by atoms with Gasteiger partial charge in [-0.25, -0.2) is 0 Å². The standard InChI is InChI=1S/C23H34N2O4/c1-15(2)20(17-6-7-18-19(14-17)29-13-12-28-18)24-21(26)16-8-10-25(11-9-16)22(27)23(3,4)5/h6-7,14-16,20H,8-13H2,1-5H3,(H,24,26)/t20-/m1/s1. The summed E-state index contributed by atoms with van der Waals surface area (Å²) in [5, 5.41) is 3.24. The topological polar surface area (TPSA) is 67.9 Å². The van der Waals surface area contributed by atoms with Gasteiger partial charge in [-0.05, 0) is 36.5 Å². The summed E-state index contributed by atoms with van der Waals surface area (Å²) in [6.07, 6.45) is 1.42. The van der Waals surface area contributed by atoms with Gasteiger partial charge in [-0.15, -0.1) is 0 Å². The highest BCUT2D eigenvalue weighted by atomic mass is 16.6. The Balaban J connectivity index is 1.63. The molecular formula is C23H34N2O4. The van der Waals surface area contributed by atoms with Crippen LogP contribution >= 0.6 is 0 Å². The van der Waals surface area contributed by atoms with E-state index in [4.69, 9.17) is 9.47 Å². The molecule has 2 aliphatic heterocycles. The SMILES string of the molecule is CC(C)[C@@H](NC(=O)C1CCN(C(=O)C(C)(C)C)CC1)c1ccc2c(c1)OCCO2. The molecule has 1 fully saturated rings. The molecular weight excluding hydrogens is 368 g/mol. The molecule has 3 rings (SSSR count). The normalized spacial score (nSPS) is 18.5. The molecule has 0 saturated carbocycles. The minimum Gasteiger partial charge on any atom is -0.486 e. The highest BCUT2D eigenvalue weighted by Crippen LogP contribution is 2.34. The lowest BCUT2D eigenvalue weighted by Crippen LogP contribution is -2.47. The van der Waals surface area contributed by atoms with Crippen molar-refractivity contribution in [3.63, 3.8) is 0 Å². The van der Waals surface area contributed by atoms with Crippen molar-refractivity contribution < 1.29 is 19.1 Å². The van der Waals surface area contributed by atoms with Crippen LogP contribution in [0.3, 0.4) is 0 Å². The van der Waals surface area contributed by atoms with E-state index < -0.39 is 0 Å². The van der Waals surface area contributed by atoms with Crippen LogP contribution in [0, 0.1) is 17.3 Å². The van der Waals surface area contributed by atoms with E-state index in [0.29, 0.717) is 39.1 Å². The number of hydrogen-bond donors (Lipinski definition) is 1. The van der Waals surface area contributed by atoms with E-state index >= 15 is 0 Å². The van der Waals surface area contributed by atoms with Gasteiger partial charge in [-0.2, -0.15) is 0 Å². The highest BCUT2D eigenvalue weighted by Gasteiger charge is 2.33. The van der Waals surface area contributed by atoms with Gasteiger partial charge < -0.3 is 19.7 Å². The number of piperidine rings is 1. The highest BCUT2D eigenvalue weighted by molar-refractivity contribution is 5.83. The number of amides is 2. The molecule has 6 nitrogen and oxygen atoms in total. The van der Waals surface area contributed by atoms with Crippen molar-refractivity contribution in [1.82, 2.24) is 10.2 Å². The zero-order valence-corrected chi connectivity index (χ0v) is 18.3. The zero-order chi connectivity index (χ0) is 21.2. The Morgan fingerprint density at radius 3 is 2.28 bits per heavy atom. The fourth-order valence-electron chi connectivity index (χ4n) is 3.98. The monoisotopic (exact) mass is 402 g/mol. The van der Waals surface area contributed by atoms with E-state index in [1.54, 1.807) is 0 Å². The van der Waals surface area contributed by atoms with Crippen molar-refractivity contribution in [2.24, 2.45) is 17.3 Å². The first-order valence-electron chi connectivity index (χ1n) is 10.7. The van der Waals surface area contributed by atoms with Crippen LogP contribution in [0.4, 0.5) is 0 Å². The fourth-order valence-corrected chi connectivity index (χ4v) is 3.98. The molecule has 0 spiro atoms. The van der Waals surface area contributed by atoms with Crippen LogP contribution in [0.15, 0.2) is 18.2 Å². The number of carbonyl (C=O) groups is 2. The molecule has 0 unspecified atom stereocenters. The second-order valence-corrected chi connectivity index (χ2v) is 9.45. The summed E-state index contributed by atoms with van der Waals surface area (Å²) in [6, 6.07) is 5.81. The van der Waals surface area contributed by atoms with Crippen LogP contribution in [0.5, 0.6) is 11.5 Å². The van der Waals surface area contributed by atoms with Crippen molar-refractivity contribution in [3.8, 4) is 11.5 Å². The minimum atomic E-state index is -0.379. The van der Waals surface area contributed by atoms with E-state index in [1.165, 1.54) is 0 Å². The number of rotatable bonds is 4. The van der Waals surface area contributed by atoms with Crippen LogP contribution in [0.25, 0.3) is 0 Å². The summed E-state index contributed by atoms with van der Waals surface area (Å²) < 4.78 is 11.3. The van der Waals surface area contributed by atoms with Crippen molar-refractivity contribution in [2.75, 3.05) is 26.3 Å². The molecule has 1 saturated heterocycles. The van der Waals surface area contributed by atoms with Crippen LogP contribution < -0.4 is 14.8 Å². The maximum Gasteiger partial charge on any atom is 0.227 e. The number of fused-ring (bicyclic) bond motifs is 1. The molecule has 29 heavy (non-hydrogen) atoms. The smallest absolute Gasteiger partial charge is 0.227 e. The minimum absolute atomic E-state index is 0.0579. The molecule has 1 atom stereocenters. The lowest BCUT2D eigenvalue weighted by molar-refractivity contribution is -0.142. The van der Waals surface area contributed by atoms with Gasteiger partial charge in [0.05, 0.1) is 6.04 Å². The van der Waals surface area contributed by atoms with Gasteiger partial charge in [0.25, 0.3) is 0 Å². The molecule has 2 amide bonds. The Kier molecular flexibility index (Phi) is 6.39. The second kappa shape index (κ2) is 8.64. The average molecular weight is 403 g/mol. The van der Waals surface area contributed by atoms with Gasteiger partial charge in [-0.3, -0.25) is 9.59 Å². The molecule has 0 aliphatic carbocycles. The van der Waals surface area contributed by atoms with E-state index in [9.17, 15) is 9.59 Å². The van der Waals surface area contributed by atoms with Gasteiger partial charge in [-0.1, -0.05) is 40.7 Å². The Morgan fingerprint density at radius 1 is 1.07 bits per heavy atom. The molecule has 1 aromatic carbocycles. The number of likely N-dealkylation sites (tertiary alicyclic amines) is 1. The molecule has 0 radical (unpaired) electrons. The maximum absolute atomic E-state index is 13.0. The number of nitrogens with zero attached hydrogens (tertiary/aromatic N) is 1. The van der Waals surface area contributed by atoms with E-state index in [0.717, 1.165) is 17.1 Å². The van der Waals surface area contributed by atoms with Crippen LogP contribution in [0.1, 0.15) is 59.1 Å². The van der Waals surface area contributed by atoms with Crippen molar-refractivity contribution >= 4 is 11.8 Å². The largest absolute Gasteiger partial charge is 0.486 e. The van der Waals surface area contributed by atoms with E-state index in [1.807, 2.05) is 43.9 Å². The fraction of sp³-hybridized carbons (Fsp3) is 0.652. The molecule has 2 heterocycles. The first-order chi connectivity index (χ1) is 13.7. The number of carbonyl (C=O) groups excluding carboxylic acids is 2. The first-order valence-corrected chi connectivity index (χ1v) is 10.7. The Labute approximate surface area is 173 Å².